The van der Waals surface area contributed by atoms with E-state index in [0.717, 1.165) is 0 Å². The van der Waals surface area contributed by atoms with Gasteiger partial charge in [-0.3, -0.25) is 0 Å². The highest BCUT2D eigenvalue weighted by Crippen LogP contribution is 2.24. The number of hydrogen-bond acceptors (Lipinski definition) is 4. The zero-order chi connectivity index (χ0) is 9.30. The first-order chi connectivity index (χ1) is 5.52. The van der Waals surface area contributed by atoms with Crippen molar-refractivity contribution in [2.75, 3.05) is 0 Å². The molecule has 1 aliphatic rings. The molecule has 72 valence electrons. The van der Waals surface area contributed by atoms with Gasteiger partial charge in [0.25, 0.3) is 0 Å². The average molecular weight is 176 g/mol. The van der Waals surface area contributed by atoms with Crippen LogP contribution < -0.4 is 0 Å². The van der Waals surface area contributed by atoms with E-state index in [1.165, 1.54) is 0 Å². The Morgan fingerprint density at radius 3 is 2.08 bits per heavy atom. The Hall–Kier alpha value is -0.160. The molecular weight excluding hydrogens is 160 g/mol. The molecule has 0 aromatic rings. The summed E-state index contributed by atoms with van der Waals surface area (Å²) in [5.74, 6) is 0.377. The number of rotatable bonds is 2. The lowest BCUT2D eigenvalue weighted by Crippen LogP contribution is -2.32. The Morgan fingerprint density at radius 1 is 1.17 bits per heavy atom. The summed E-state index contributed by atoms with van der Waals surface area (Å²) in [6.45, 7) is 3.99. The summed E-state index contributed by atoms with van der Waals surface area (Å²) in [5.41, 5.74) is 0. The summed E-state index contributed by atoms with van der Waals surface area (Å²) in [4.78, 5) is 0. The predicted octanol–water partition coefficient (Wildman–Crippen LogP) is -0.528. The molecule has 0 bridgehead atoms. The molecule has 0 radical (unpaired) electrons. The molecule has 1 aliphatic heterocycles. The fraction of sp³-hybridized carbons (Fsp3) is 1.00. The second-order valence-electron chi connectivity index (χ2n) is 3.68. The minimum atomic E-state index is -1.23. The average Bonchev–Trinajstić information content (AvgIpc) is 2.17. The van der Waals surface area contributed by atoms with Crippen LogP contribution in [0.4, 0.5) is 0 Å². The first-order valence-corrected chi connectivity index (χ1v) is 4.22. The largest absolute Gasteiger partial charge is 0.387 e. The summed E-state index contributed by atoms with van der Waals surface area (Å²) in [5, 5.41) is 27.5. The molecule has 12 heavy (non-hydrogen) atoms. The van der Waals surface area contributed by atoms with Gasteiger partial charge in [-0.2, -0.15) is 0 Å². The van der Waals surface area contributed by atoms with Gasteiger partial charge in [-0.1, -0.05) is 13.8 Å². The number of ether oxygens (including phenoxy) is 1. The van der Waals surface area contributed by atoms with Gasteiger partial charge in [-0.25, -0.2) is 0 Å². The zero-order valence-corrected chi connectivity index (χ0v) is 7.34. The van der Waals surface area contributed by atoms with E-state index in [1.807, 2.05) is 13.8 Å². The van der Waals surface area contributed by atoms with Crippen molar-refractivity contribution in [1.82, 2.24) is 0 Å². The second-order valence-corrected chi connectivity index (χ2v) is 3.68. The molecule has 1 saturated heterocycles. The number of aliphatic hydroxyl groups is 3. The molecule has 4 heteroatoms. The molecule has 0 spiro atoms. The Balaban J connectivity index is 2.47. The summed E-state index contributed by atoms with van der Waals surface area (Å²) < 4.78 is 4.95. The molecule has 1 heterocycles. The van der Waals surface area contributed by atoms with Crippen LogP contribution in [0.1, 0.15) is 20.3 Å². The Bertz CT molecular complexity index is 146. The van der Waals surface area contributed by atoms with Gasteiger partial charge in [0, 0.05) is 0 Å². The maximum absolute atomic E-state index is 9.34. The van der Waals surface area contributed by atoms with E-state index in [-0.39, 0.29) is 0 Å². The summed E-state index contributed by atoms with van der Waals surface area (Å²) in [7, 11) is 0. The van der Waals surface area contributed by atoms with Crippen LogP contribution in [-0.4, -0.2) is 39.9 Å². The van der Waals surface area contributed by atoms with Crippen LogP contribution in [0.3, 0.4) is 0 Å². The normalized spacial score (nSPS) is 42.5. The molecule has 0 saturated carbocycles. The minimum absolute atomic E-state index is 0.377. The number of hydrogen-bond donors (Lipinski definition) is 3. The molecule has 4 atom stereocenters. The van der Waals surface area contributed by atoms with E-state index in [4.69, 9.17) is 14.9 Å². The van der Waals surface area contributed by atoms with Crippen molar-refractivity contribution >= 4 is 0 Å². The van der Waals surface area contributed by atoms with Gasteiger partial charge >= 0.3 is 0 Å². The first-order valence-electron chi connectivity index (χ1n) is 4.22. The van der Waals surface area contributed by atoms with Gasteiger partial charge < -0.3 is 20.1 Å². The molecule has 1 unspecified atom stereocenters. The van der Waals surface area contributed by atoms with E-state index in [9.17, 15) is 5.11 Å². The van der Waals surface area contributed by atoms with Crippen LogP contribution >= 0.6 is 0 Å². The van der Waals surface area contributed by atoms with E-state index < -0.39 is 24.6 Å². The monoisotopic (exact) mass is 176 g/mol. The first kappa shape index (κ1) is 9.92. The van der Waals surface area contributed by atoms with Crippen molar-refractivity contribution < 1.29 is 20.1 Å². The van der Waals surface area contributed by atoms with Crippen molar-refractivity contribution in [2.45, 2.75) is 44.9 Å². The Kier molecular flexibility index (Phi) is 3.06. The molecule has 4 nitrogen and oxygen atoms in total. The van der Waals surface area contributed by atoms with E-state index >= 15 is 0 Å². The Morgan fingerprint density at radius 2 is 1.75 bits per heavy atom. The maximum atomic E-state index is 9.34. The Labute approximate surface area is 71.8 Å². The van der Waals surface area contributed by atoms with Crippen LogP contribution in [-0.2, 0) is 4.74 Å². The molecule has 3 N–H and O–H groups in total. The SMILES string of the molecule is CC(C)C[C@H]1OC(O)[C@H](O)[C@@H]1O. The van der Waals surface area contributed by atoms with E-state index in [1.54, 1.807) is 0 Å². The molecule has 0 aromatic heterocycles. The highest BCUT2D eigenvalue weighted by atomic mass is 16.6. The van der Waals surface area contributed by atoms with Crippen molar-refractivity contribution in [1.29, 1.82) is 0 Å². The topological polar surface area (TPSA) is 69.9 Å². The van der Waals surface area contributed by atoms with Crippen LogP contribution in [0, 0.1) is 5.92 Å². The van der Waals surface area contributed by atoms with Gasteiger partial charge in [0.1, 0.15) is 12.2 Å². The fourth-order valence-electron chi connectivity index (χ4n) is 1.39. The molecular formula is C8H16O4. The van der Waals surface area contributed by atoms with Crippen LogP contribution in [0.2, 0.25) is 0 Å². The molecule has 0 aliphatic carbocycles. The molecule has 1 fully saturated rings. The maximum Gasteiger partial charge on any atom is 0.183 e. The number of aliphatic hydroxyl groups excluding tert-OH is 3. The second kappa shape index (κ2) is 3.70. The zero-order valence-electron chi connectivity index (χ0n) is 7.34. The standard InChI is InChI=1S/C8H16O4/c1-4(2)3-5-6(9)7(10)8(11)12-5/h4-11H,3H2,1-2H3/t5-,6-,7-,8?/m1/s1. The third-order valence-corrected chi connectivity index (χ3v) is 2.04. The summed E-state index contributed by atoms with van der Waals surface area (Å²) in [6.07, 6.45) is -3.13. The highest BCUT2D eigenvalue weighted by molar-refractivity contribution is 4.85. The van der Waals surface area contributed by atoms with Crippen molar-refractivity contribution in [3.63, 3.8) is 0 Å². The van der Waals surface area contributed by atoms with Crippen molar-refractivity contribution in [3.05, 3.63) is 0 Å². The summed E-state index contributed by atoms with van der Waals surface area (Å²) in [6, 6.07) is 0. The molecule has 1 rings (SSSR count). The summed E-state index contributed by atoms with van der Waals surface area (Å²) >= 11 is 0. The lowest BCUT2D eigenvalue weighted by atomic mass is 10.0. The van der Waals surface area contributed by atoms with Crippen LogP contribution in [0.25, 0.3) is 0 Å². The lowest BCUT2D eigenvalue weighted by Gasteiger charge is -2.15. The minimum Gasteiger partial charge on any atom is -0.387 e. The fourth-order valence-corrected chi connectivity index (χ4v) is 1.39. The van der Waals surface area contributed by atoms with Crippen molar-refractivity contribution in [2.24, 2.45) is 5.92 Å². The van der Waals surface area contributed by atoms with Gasteiger partial charge in [-0.05, 0) is 12.3 Å². The highest BCUT2D eigenvalue weighted by Gasteiger charge is 2.41. The third-order valence-electron chi connectivity index (χ3n) is 2.04. The van der Waals surface area contributed by atoms with Gasteiger partial charge in [-0.15, -0.1) is 0 Å². The van der Waals surface area contributed by atoms with Crippen LogP contribution in [0.15, 0.2) is 0 Å². The van der Waals surface area contributed by atoms with E-state index in [0.29, 0.717) is 12.3 Å². The van der Waals surface area contributed by atoms with E-state index in [2.05, 4.69) is 0 Å². The lowest BCUT2D eigenvalue weighted by molar-refractivity contribution is -0.129. The molecule has 0 amide bonds. The molecule has 0 aromatic carbocycles. The quantitative estimate of drug-likeness (QED) is 0.529. The predicted molar refractivity (Wildman–Crippen MR) is 42.3 cm³/mol. The van der Waals surface area contributed by atoms with Gasteiger partial charge in [0.2, 0.25) is 0 Å². The van der Waals surface area contributed by atoms with Gasteiger partial charge in [0.15, 0.2) is 6.29 Å². The smallest absolute Gasteiger partial charge is 0.183 e. The van der Waals surface area contributed by atoms with Crippen LogP contribution in [0.5, 0.6) is 0 Å². The van der Waals surface area contributed by atoms with Crippen molar-refractivity contribution in [3.8, 4) is 0 Å². The van der Waals surface area contributed by atoms with Gasteiger partial charge in [0.05, 0.1) is 6.10 Å². The third kappa shape index (κ3) is 1.95.